The number of carbonyl (C=O) groups is 5. The van der Waals surface area contributed by atoms with Gasteiger partial charge in [-0.1, -0.05) is 13.8 Å². The number of hydrogen-bond acceptors (Lipinski definition) is 6. The van der Waals surface area contributed by atoms with Crippen LogP contribution in [0.15, 0.2) is 0 Å². The van der Waals surface area contributed by atoms with Crippen molar-refractivity contribution in [3.8, 4) is 0 Å². The molecule has 0 radical (unpaired) electrons. The fraction of sp³-hybridized carbons (Fsp3) is 0.643. The molecule has 0 aliphatic heterocycles. The minimum atomic E-state index is -1.34. The van der Waals surface area contributed by atoms with Gasteiger partial charge in [0.05, 0.1) is 12.5 Å². The Labute approximate surface area is 144 Å². The second-order valence-electron chi connectivity index (χ2n) is 5.91. The highest BCUT2D eigenvalue weighted by Crippen LogP contribution is 2.05. The zero-order valence-corrected chi connectivity index (χ0v) is 14.2. The fourth-order valence-electron chi connectivity index (χ4n) is 1.91. The molecule has 9 N–H and O–H groups in total. The van der Waals surface area contributed by atoms with Crippen LogP contribution in [0.5, 0.6) is 0 Å². The van der Waals surface area contributed by atoms with Crippen LogP contribution < -0.4 is 27.8 Å². The molecule has 0 saturated carbocycles. The van der Waals surface area contributed by atoms with Crippen LogP contribution in [0, 0.1) is 5.92 Å². The zero-order chi connectivity index (χ0) is 19.7. The zero-order valence-electron chi connectivity index (χ0n) is 14.2. The van der Waals surface area contributed by atoms with E-state index < -0.39 is 60.1 Å². The molecule has 0 unspecified atom stereocenters. The first-order valence-corrected chi connectivity index (χ1v) is 7.61. The second-order valence-corrected chi connectivity index (χ2v) is 5.91. The number of rotatable bonds is 11. The number of amides is 4. The van der Waals surface area contributed by atoms with Crippen LogP contribution in [0.3, 0.4) is 0 Å². The Balaban J connectivity index is 4.97. The molecular weight excluding hydrogens is 334 g/mol. The van der Waals surface area contributed by atoms with E-state index in [1.807, 2.05) is 0 Å². The van der Waals surface area contributed by atoms with Gasteiger partial charge in [0.2, 0.25) is 23.6 Å². The molecule has 0 aliphatic carbocycles. The van der Waals surface area contributed by atoms with Crippen LogP contribution in [-0.2, 0) is 24.0 Å². The smallest absolute Gasteiger partial charge is 0.326 e. The lowest BCUT2D eigenvalue weighted by atomic mass is 10.0. The van der Waals surface area contributed by atoms with Gasteiger partial charge in [0, 0.05) is 6.42 Å². The summed E-state index contributed by atoms with van der Waals surface area (Å²) in [5.74, 6) is -4.73. The van der Waals surface area contributed by atoms with Gasteiger partial charge in [-0.15, -0.1) is 0 Å². The van der Waals surface area contributed by atoms with Crippen LogP contribution in [-0.4, -0.2) is 52.8 Å². The third-order valence-electron chi connectivity index (χ3n) is 3.30. The molecule has 4 amide bonds. The molecule has 0 spiro atoms. The highest BCUT2D eigenvalue weighted by Gasteiger charge is 2.30. The number of hydrogen-bond donors (Lipinski definition) is 6. The largest absolute Gasteiger partial charge is 0.480 e. The van der Waals surface area contributed by atoms with Crippen molar-refractivity contribution in [1.29, 1.82) is 0 Å². The molecule has 0 aliphatic rings. The summed E-state index contributed by atoms with van der Waals surface area (Å²) in [6.45, 7) is 3.26. The van der Waals surface area contributed by atoms with E-state index in [-0.39, 0.29) is 12.8 Å². The summed E-state index contributed by atoms with van der Waals surface area (Å²) in [6, 6.07) is -3.64. The van der Waals surface area contributed by atoms with E-state index in [9.17, 15) is 24.0 Å². The minimum Gasteiger partial charge on any atom is -0.480 e. The van der Waals surface area contributed by atoms with Gasteiger partial charge in [-0.05, 0) is 12.3 Å². The van der Waals surface area contributed by atoms with E-state index in [0.717, 1.165) is 0 Å². The van der Waals surface area contributed by atoms with E-state index in [1.54, 1.807) is 13.8 Å². The van der Waals surface area contributed by atoms with Crippen molar-refractivity contribution in [3.05, 3.63) is 0 Å². The molecule has 11 heteroatoms. The summed E-state index contributed by atoms with van der Waals surface area (Å²) in [5, 5.41) is 13.7. The number of carboxylic acids is 1. The summed E-state index contributed by atoms with van der Waals surface area (Å²) < 4.78 is 0. The lowest BCUT2D eigenvalue weighted by Gasteiger charge is -2.25. The molecule has 11 nitrogen and oxygen atoms in total. The van der Waals surface area contributed by atoms with Crippen molar-refractivity contribution in [3.63, 3.8) is 0 Å². The Hall–Kier alpha value is -2.69. The first-order chi connectivity index (χ1) is 11.5. The first kappa shape index (κ1) is 22.3. The molecule has 0 aromatic rings. The summed E-state index contributed by atoms with van der Waals surface area (Å²) in [4.78, 5) is 56.9. The number of carbonyl (C=O) groups excluding carboxylic acids is 4. The summed E-state index contributed by atoms with van der Waals surface area (Å²) >= 11 is 0. The number of aliphatic carboxylic acids is 1. The standard InChI is InChI=1S/C14H25N5O6/c1-6(2)11(19-12(22)7(15)5-10(17)21)13(23)18-8(14(24)25)3-4-9(16)20/h6-8,11H,3-5,15H2,1-2H3,(H2,16,20)(H2,17,21)(H,18,23)(H,19,22)(H,24,25)/t7-,8-,11-/m0/s1. The SMILES string of the molecule is CC(C)[C@H](NC(=O)[C@@H](N)CC(N)=O)C(=O)N[C@@H](CCC(N)=O)C(=O)O. The molecule has 25 heavy (non-hydrogen) atoms. The monoisotopic (exact) mass is 359 g/mol. The number of carboxylic acid groups (broad SMARTS) is 1. The Bertz CT molecular complexity index is 536. The van der Waals surface area contributed by atoms with Crippen LogP contribution in [0.2, 0.25) is 0 Å². The maximum absolute atomic E-state index is 12.3. The topological polar surface area (TPSA) is 208 Å². The highest BCUT2D eigenvalue weighted by molar-refractivity contribution is 5.93. The summed E-state index contributed by atoms with van der Waals surface area (Å²) in [5.41, 5.74) is 15.4. The van der Waals surface area contributed by atoms with Crippen molar-refractivity contribution >= 4 is 29.6 Å². The van der Waals surface area contributed by atoms with E-state index >= 15 is 0 Å². The lowest BCUT2D eigenvalue weighted by Crippen LogP contribution is -2.56. The summed E-state index contributed by atoms with van der Waals surface area (Å²) in [6.07, 6.45) is -0.801. The molecule has 0 aromatic carbocycles. The van der Waals surface area contributed by atoms with Crippen LogP contribution >= 0.6 is 0 Å². The van der Waals surface area contributed by atoms with E-state index in [0.29, 0.717) is 0 Å². The van der Waals surface area contributed by atoms with Gasteiger partial charge in [0.1, 0.15) is 12.1 Å². The Morgan fingerprint density at radius 3 is 1.92 bits per heavy atom. The van der Waals surface area contributed by atoms with Crippen LogP contribution in [0.4, 0.5) is 0 Å². The number of nitrogens with two attached hydrogens (primary N) is 3. The molecule has 142 valence electrons. The van der Waals surface area contributed by atoms with Gasteiger partial charge in [0.25, 0.3) is 0 Å². The maximum Gasteiger partial charge on any atom is 0.326 e. The molecule has 0 heterocycles. The van der Waals surface area contributed by atoms with Crippen LogP contribution in [0.1, 0.15) is 33.1 Å². The summed E-state index contributed by atoms with van der Waals surface area (Å²) in [7, 11) is 0. The van der Waals surface area contributed by atoms with Crippen LogP contribution in [0.25, 0.3) is 0 Å². The third-order valence-corrected chi connectivity index (χ3v) is 3.30. The number of nitrogens with one attached hydrogen (secondary N) is 2. The fourth-order valence-corrected chi connectivity index (χ4v) is 1.91. The average molecular weight is 359 g/mol. The molecule has 0 fully saturated rings. The predicted molar refractivity (Wildman–Crippen MR) is 86.6 cm³/mol. The first-order valence-electron chi connectivity index (χ1n) is 7.61. The minimum absolute atomic E-state index is 0.184. The van der Waals surface area contributed by atoms with Crippen molar-refractivity contribution in [2.24, 2.45) is 23.1 Å². The highest BCUT2D eigenvalue weighted by atomic mass is 16.4. The third kappa shape index (κ3) is 8.65. The second kappa shape index (κ2) is 10.2. The Morgan fingerprint density at radius 1 is 0.960 bits per heavy atom. The molecular formula is C14H25N5O6. The predicted octanol–water partition coefficient (Wildman–Crippen LogP) is -2.84. The van der Waals surface area contributed by atoms with Gasteiger partial charge in [-0.3, -0.25) is 19.2 Å². The molecule has 0 rings (SSSR count). The lowest BCUT2D eigenvalue weighted by molar-refractivity contribution is -0.143. The molecule has 0 aromatic heterocycles. The molecule has 0 saturated heterocycles. The normalized spacial score (nSPS) is 14.2. The number of primary amides is 2. The van der Waals surface area contributed by atoms with E-state index in [1.165, 1.54) is 0 Å². The van der Waals surface area contributed by atoms with Crippen molar-refractivity contribution in [1.82, 2.24) is 10.6 Å². The van der Waals surface area contributed by atoms with Crippen molar-refractivity contribution < 1.29 is 29.1 Å². The van der Waals surface area contributed by atoms with Gasteiger partial charge in [0.15, 0.2) is 0 Å². The van der Waals surface area contributed by atoms with Gasteiger partial charge >= 0.3 is 5.97 Å². The average Bonchev–Trinajstić information content (AvgIpc) is 2.46. The van der Waals surface area contributed by atoms with Gasteiger partial charge < -0.3 is 32.9 Å². The Kier molecular flexibility index (Phi) is 9.13. The van der Waals surface area contributed by atoms with Crippen molar-refractivity contribution in [2.45, 2.75) is 51.2 Å². The maximum atomic E-state index is 12.3. The van der Waals surface area contributed by atoms with E-state index in [2.05, 4.69) is 10.6 Å². The molecule has 0 bridgehead atoms. The quantitative estimate of drug-likeness (QED) is 0.227. The van der Waals surface area contributed by atoms with Gasteiger partial charge in [-0.2, -0.15) is 0 Å². The Morgan fingerprint density at radius 2 is 1.52 bits per heavy atom. The van der Waals surface area contributed by atoms with E-state index in [4.69, 9.17) is 22.3 Å². The molecule has 3 atom stereocenters. The van der Waals surface area contributed by atoms with Gasteiger partial charge in [-0.25, -0.2) is 4.79 Å². The van der Waals surface area contributed by atoms with Crippen molar-refractivity contribution in [2.75, 3.05) is 0 Å².